The zero-order valence-electron chi connectivity index (χ0n) is 25.6. The van der Waals surface area contributed by atoms with Crippen LogP contribution in [0.1, 0.15) is 36.5 Å². The number of rotatable bonds is 14. The zero-order chi connectivity index (χ0) is 33.3. The fraction of sp³-hybridized carbons (Fsp3) is 0.257. The van der Waals surface area contributed by atoms with Crippen LogP contribution in [-0.2, 0) is 32.6 Å². The lowest BCUT2D eigenvalue weighted by molar-refractivity contribution is -0.140. The molecule has 11 heteroatoms. The topological polar surface area (TPSA) is 86.8 Å². The molecule has 0 aliphatic rings. The predicted molar refractivity (Wildman–Crippen MR) is 186 cm³/mol. The molecule has 1 unspecified atom stereocenters. The Morgan fingerprint density at radius 1 is 0.848 bits per heavy atom. The van der Waals surface area contributed by atoms with Gasteiger partial charge >= 0.3 is 0 Å². The first-order valence-electron chi connectivity index (χ1n) is 14.9. The summed E-state index contributed by atoms with van der Waals surface area (Å²) in [4.78, 5) is 29.9. The van der Waals surface area contributed by atoms with Gasteiger partial charge in [-0.2, -0.15) is 0 Å². The van der Waals surface area contributed by atoms with Gasteiger partial charge in [-0.3, -0.25) is 13.9 Å². The van der Waals surface area contributed by atoms with Gasteiger partial charge < -0.3 is 10.2 Å². The van der Waals surface area contributed by atoms with E-state index in [4.69, 9.17) is 34.8 Å². The van der Waals surface area contributed by atoms with E-state index >= 15 is 0 Å². The molecule has 1 atom stereocenters. The van der Waals surface area contributed by atoms with E-state index in [1.54, 1.807) is 61.5 Å². The molecular formula is C35H36Cl3N3O4S. The molecule has 46 heavy (non-hydrogen) atoms. The van der Waals surface area contributed by atoms with Crippen molar-refractivity contribution in [3.63, 3.8) is 0 Å². The number of sulfonamides is 1. The lowest BCUT2D eigenvalue weighted by Gasteiger charge is -2.34. The number of nitrogens with one attached hydrogen (secondary N) is 1. The Kier molecular flexibility index (Phi) is 12.5. The summed E-state index contributed by atoms with van der Waals surface area (Å²) in [5.41, 5.74) is 2.24. The molecule has 0 fully saturated rings. The van der Waals surface area contributed by atoms with Crippen molar-refractivity contribution in [3.05, 3.63) is 129 Å². The Balaban J connectivity index is 1.83. The lowest BCUT2D eigenvalue weighted by Crippen LogP contribution is -2.53. The molecule has 4 aromatic rings. The molecule has 4 aromatic carbocycles. The van der Waals surface area contributed by atoms with E-state index in [-0.39, 0.29) is 29.5 Å². The Morgan fingerprint density at radius 3 is 2.11 bits per heavy atom. The number of carbonyl (C=O) groups is 2. The highest BCUT2D eigenvalue weighted by molar-refractivity contribution is 7.92. The number of anilines is 1. The highest BCUT2D eigenvalue weighted by Crippen LogP contribution is 2.30. The van der Waals surface area contributed by atoms with E-state index in [1.807, 2.05) is 37.3 Å². The van der Waals surface area contributed by atoms with Crippen LogP contribution in [0, 0.1) is 6.92 Å². The molecule has 4 rings (SSSR count). The number of hydrogen-bond donors (Lipinski definition) is 1. The van der Waals surface area contributed by atoms with E-state index in [1.165, 1.54) is 17.0 Å². The summed E-state index contributed by atoms with van der Waals surface area (Å²) in [7, 11) is -4.23. The van der Waals surface area contributed by atoms with Crippen LogP contribution in [0.25, 0.3) is 0 Å². The van der Waals surface area contributed by atoms with Crippen molar-refractivity contribution in [2.24, 2.45) is 0 Å². The fourth-order valence-corrected chi connectivity index (χ4v) is 7.22. The minimum absolute atomic E-state index is 0.0163. The third kappa shape index (κ3) is 9.04. The van der Waals surface area contributed by atoms with Crippen molar-refractivity contribution in [1.82, 2.24) is 10.2 Å². The maximum absolute atomic E-state index is 14.6. The van der Waals surface area contributed by atoms with Gasteiger partial charge in [0.1, 0.15) is 12.6 Å². The van der Waals surface area contributed by atoms with Gasteiger partial charge in [0.15, 0.2) is 0 Å². The van der Waals surface area contributed by atoms with Gasteiger partial charge in [0.2, 0.25) is 11.8 Å². The van der Waals surface area contributed by atoms with Crippen LogP contribution in [0.3, 0.4) is 0 Å². The van der Waals surface area contributed by atoms with Crippen molar-refractivity contribution in [1.29, 1.82) is 0 Å². The molecule has 242 valence electrons. The quantitative estimate of drug-likeness (QED) is 0.137. The first-order valence-corrected chi connectivity index (χ1v) is 17.5. The second kappa shape index (κ2) is 16.3. The van der Waals surface area contributed by atoms with E-state index in [0.717, 1.165) is 22.7 Å². The van der Waals surface area contributed by atoms with E-state index in [9.17, 15) is 18.0 Å². The standard InChI is InChI=1S/C35H36Cl3N3O4S/c1-3-4-19-39-35(43)33(21-26-11-7-5-8-12-26)40(23-27-15-16-29(37)22-31(27)38)34(42)24-41(32-18-17-28(36)20-25(32)2)46(44,45)30-13-9-6-10-14-30/h5-18,20,22,33H,3-4,19,21,23-24H2,1-2H3,(H,39,43). The van der Waals surface area contributed by atoms with Crippen molar-refractivity contribution in [3.8, 4) is 0 Å². The molecule has 0 radical (unpaired) electrons. The Bertz CT molecular complexity index is 1760. The molecule has 0 aliphatic carbocycles. The summed E-state index contributed by atoms with van der Waals surface area (Å²) in [6.45, 7) is 3.53. The first kappa shape index (κ1) is 35.3. The van der Waals surface area contributed by atoms with Gasteiger partial charge in [-0.15, -0.1) is 0 Å². The highest BCUT2D eigenvalue weighted by atomic mass is 35.5. The van der Waals surface area contributed by atoms with E-state index in [0.29, 0.717) is 32.7 Å². The van der Waals surface area contributed by atoms with Crippen LogP contribution in [0.5, 0.6) is 0 Å². The molecule has 0 aliphatic heterocycles. The summed E-state index contributed by atoms with van der Waals surface area (Å²) in [6, 6.07) is 26.0. The number of nitrogens with zero attached hydrogens (tertiary/aromatic N) is 2. The number of aryl methyl sites for hydroxylation is 1. The van der Waals surface area contributed by atoms with Crippen LogP contribution in [-0.4, -0.2) is 44.3 Å². The average molecular weight is 701 g/mol. The first-order chi connectivity index (χ1) is 22.0. The molecule has 2 amide bonds. The summed E-state index contributed by atoms with van der Waals surface area (Å²) in [5, 5.41) is 4.13. The van der Waals surface area contributed by atoms with Crippen LogP contribution in [0.4, 0.5) is 5.69 Å². The van der Waals surface area contributed by atoms with Crippen molar-refractivity contribution in [2.75, 3.05) is 17.4 Å². The van der Waals surface area contributed by atoms with E-state index < -0.39 is 28.5 Å². The van der Waals surface area contributed by atoms with Crippen molar-refractivity contribution >= 4 is 62.3 Å². The minimum Gasteiger partial charge on any atom is -0.354 e. The number of carbonyl (C=O) groups excluding carboxylic acids is 2. The summed E-state index contributed by atoms with van der Waals surface area (Å²) >= 11 is 19.0. The van der Waals surface area contributed by atoms with E-state index in [2.05, 4.69) is 5.32 Å². The monoisotopic (exact) mass is 699 g/mol. The highest BCUT2D eigenvalue weighted by Gasteiger charge is 2.35. The molecule has 1 N–H and O–H groups in total. The average Bonchev–Trinajstić information content (AvgIpc) is 3.03. The molecule has 0 heterocycles. The maximum atomic E-state index is 14.6. The summed E-state index contributed by atoms with van der Waals surface area (Å²) in [5.74, 6) is -0.942. The third-order valence-corrected chi connectivity index (χ3v) is 10.1. The molecule has 0 spiro atoms. The number of hydrogen-bond acceptors (Lipinski definition) is 4. The normalized spacial score (nSPS) is 11.9. The second-order valence-electron chi connectivity index (χ2n) is 10.9. The fourth-order valence-electron chi connectivity index (χ4n) is 5.03. The Morgan fingerprint density at radius 2 is 1.48 bits per heavy atom. The van der Waals surface area contributed by atoms with Gasteiger partial charge in [0, 0.05) is 34.6 Å². The molecular weight excluding hydrogens is 665 g/mol. The maximum Gasteiger partial charge on any atom is 0.264 e. The summed E-state index contributed by atoms with van der Waals surface area (Å²) < 4.78 is 29.4. The van der Waals surface area contributed by atoms with Crippen molar-refractivity contribution in [2.45, 2.75) is 50.6 Å². The van der Waals surface area contributed by atoms with Gasteiger partial charge in [-0.1, -0.05) is 103 Å². The van der Waals surface area contributed by atoms with Gasteiger partial charge in [-0.05, 0) is 72.5 Å². The zero-order valence-corrected chi connectivity index (χ0v) is 28.7. The second-order valence-corrected chi connectivity index (χ2v) is 14.0. The van der Waals surface area contributed by atoms with Gasteiger partial charge in [0.25, 0.3) is 10.0 Å². The van der Waals surface area contributed by atoms with Crippen LogP contribution >= 0.6 is 34.8 Å². The van der Waals surface area contributed by atoms with Gasteiger partial charge in [-0.25, -0.2) is 8.42 Å². The minimum atomic E-state index is -4.23. The van der Waals surface area contributed by atoms with Crippen molar-refractivity contribution < 1.29 is 18.0 Å². The van der Waals surface area contributed by atoms with Gasteiger partial charge in [0.05, 0.1) is 10.6 Å². The van der Waals surface area contributed by atoms with Crippen LogP contribution < -0.4 is 9.62 Å². The number of benzene rings is 4. The Hall–Kier alpha value is -3.56. The van der Waals surface area contributed by atoms with Crippen LogP contribution in [0.15, 0.2) is 102 Å². The molecule has 0 saturated carbocycles. The molecule has 0 saturated heterocycles. The molecule has 7 nitrogen and oxygen atoms in total. The van der Waals surface area contributed by atoms with Crippen LogP contribution in [0.2, 0.25) is 15.1 Å². The predicted octanol–water partition coefficient (Wildman–Crippen LogP) is 7.71. The third-order valence-electron chi connectivity index (χ3n) is 7.49. The Labute approximate surface area is 286 Å². The smallest absolute Gasteiger partial charge is 0.264 e. The number of amides is 2. The number of halogens is 3. The lowest BCUT2D eigenvalue weighted by atomic mass is 10.0. The molecule has 0 aromatic heterocycles. The summed E-state index contributed by atoms with van der Waals surface area (Å²) in [6.07, 6.45) is 1.83. The SMILES string of the molecule is CCCCNC(=O)C(Cc1ccccc1)N(Cc1ccc(Cl)cc1Cl)C(=O)CN(c1ccc(Cl)cc1C)S(=O)(=O)c1ccccc1. The molecule has 0 bridgehead atoms. The number of unbranched alkanes of at least 4 members (excludes halogenated alkanes) is 1. The largest absolute Gasteiger partial charge is 0.354 e.